The van der Waals surface area contributed by atoms with E-state index in [0.717, 1.165) is 62.4 Å². The zero-order valence-corrected chi connectivity index (χ0v) is 22.5. The molecule has 2 aromatic rings. The molecule has 39 heavy (non-hydrogen) atoms. The van der Waals surface area contributed by atoms with E-state index in [1.165, 1.54) is 0 Å². The minimum absolute atomic E-state index is 0.0633. The van der Waals surface area contributed by atoms with Crippen LogP contribution in [0.1, 0.15) is 42.7 Å². The molecule has 4 fully saturated rings. The van der Waals surface area contributed by atoms with Crippen LogP contribution >= 0.6 is 0 Å². The van der Waals surface area contributed by atoms with Gasteiger partial charge in [0.15, 0.2) is 0 Å². The molecular weight excluding hydrogens is 502 g/mol. The summed E-state index contributed by atoms with van der Waals surface area (Å²) in [6.07, 6.45) is 8.14. The maximum Gasteiger partial charge on any atom is 0.261 e. The van der Waals surface area contributed by atoms with Crippen LogP contribution in [0.15, 0.2) is 36.8 Å². The number of likely N-dealkylation sites (N-methyl/N-ethyl adjacent to an activating group) is 1. The Hall–Kier alpha value is -2.73. The maximum absolute atomic E-state index is 13.6. The van der Waals surface area contributed by atoms with Gasteiger partial charge < -0.3 is 15.1 Å². The molecule has 1 aliphatic carbocycles. The average molecular weight is 541 g/mol. The third-order valence-electron chi connectivity index (χ3n) is 8.82. The van der Waals surface area contributed by atoms with Gasteiger partial charge in [0.2, 0.25) is 5.91 Å². The molecule has 6 rings (SSSR count). The van der Waals surface area contributed by atoms with Crippen molar-refractivity contribution in [3.8, 4) is 0 Å². The minimum Gasteiger partial charge on any atom is -0.354 e. The highest BCUT2D eigenvalue weighted by Crippen LogP contribution is 2.40. The van der Waals surface area contributed by atoms with Gasteiger partial charge in [0.25, 0.3) is 5.92 Å². The third-order valence-corrected chi connectivity index (χ3v) is 8.82. The van der Waals surface area contributed by atoms with E-state index in [0.29, 0.717) is 18.8 Å². The quantitative estimate of drug-likeness (QED) is 0.515. The fourth-order valence-electron chi connectivity index (χ4n) is 6.54. The van der Waals surface area contributed by atoms with Gasteiger partial charge >= 0.3 is 0 Å². The lowest BCUT2D eigenvalue weighted by Gasteiger charge is -2.33. The standard InChI is InChI=1S/C28H38F2N8O/c1-36-8-10-38(11-9-36)25-5-3-22(16-32-25)33-27(39)26-23-13-20(2-4-24(23)34-35-26)21-12-19(14-31-15-21)17-37-7-6-28(29,30)18-37/h3,5,12,14-16,20,23-24,26,34-35H,2,4,6-11,13,17-18H2,1H3,(H,33,39). The number of aromatic nitrogens is 2. The molecule has 0 spiro atoms. The number of nitrogens with zero attached hydrogens (tertiary/aromatic N) is 5. The second kappa shape index (κ2) is 11.0. The van der Waals surface area contributed by atoms with Crippen LogP contribution in [0, 0.1) is 5.92 Å². The summed E-state index contributed by atoms with van der Waals surface area (Å²) in [7, 11) is 2.13. The van der Waals surface area contributed by atoms with E-state index in [1.54, 1.807) is 17.3 Å². The third kappa shape index (κ3) is 6.06. The SMILES string of the molecule is CN1CCN(c2ccc(NC(=O)C3NNC4CCC(c5cncc(CN6CCC(F)(F)C6)c5)CC43)cn2)CC1. The molecule has 1 amide bonds. The summed E-state index contributed by atoms with van der Waals surface area (Å²) in [5.41, 5.74) is 9.37. The molecule has 4 aliphatic rings. The van der Waals surface area contributed by atoms with Crippen LogP contribution < -0.4 is 21.1 Å². The van der Waals surface area contributed by atoms with Crippen LogP contribution in [0.5, 0.6) is 0 Å². The molecule has 11 heteroatoms. The van der Waals surface area contributed by atoms with E-state index >= 15 is 0 Å². The van der Waals surface area contributed by atoms with Gasteiger partial charge in [-0.05, 0) is 55.5 Å². The summed E-state index contributed by atoms with van der Waals surface area (Å²) in [5.74, 6) is -1.30. The Morgan fingerprint density at radius 2 is 1.95 bits per heavy atom. The average Bonchev–Trinajstić information content (AvgIpc) is 3.51. The second-order valence-electron chi connectivity index (χ2n) is 11.7. The molecule has 0 radical (unpaired) electrons. The van der Waals surface area contributed by atoms with Crippen LogP contribution in [-0.2, 0) is 11.3 Å². The molecule has 3 saturated heterocycles. The number of anilines is 2. The number of alkyl halides is 2. The Morgan fingerprint density at radius 3 is 2.69 bits per heavy atom. The Labute approximate surface area is 228 Å². The van der Waals surface area contributed by atoms with Crippen molar-refractivity contribution >= 4 is 17.4 Å². The number of hydrazine groups is 1. The number of fused-ring (bicyclic) bond motifs is 1. The van der Waals surface area contributed by atoms with E-state index in [-0.39, 0.29) is 42.8 Å². The van der Waals surface area contributed by atoms with Crippen molar-refractivity contribution in [1.29, 1.82) is 0 Å². The van der Waals surface area contributed by atoms with Crippen LogP contribution in [0.25, 0.3) is 0 Å². The lowest BCUT2D eigenvalue weighted by molar-refractivity contribution is -0.119. The number of nitrogens with one attached hydrogen (secondary N) is 3. The van der Waals surface area contributed by atoms with E-state index in [2.05, 4.69) is 49.1 Å². The number of amides is 1. The summed E-state index contributed by atoms with van der Waals surface area (Å²) in [4.78, 5) is 28.7. The number of pyridine rings is 2. The van der Waals surface area contributed by atoms with Crippen LogP contribution in [0.4, 0.5) is 20.3 Å². The first-order valence-corrected chi connectivity index (χ1v) is 14.1. The van der Waals surface area contributed by atoms with Crippen molar-refractivity contribution in [2.75, 3.05) is 56.5 Å². The van der Waals surface area contributed by atoms with Crippen molar-refractivity contribution in [2.45, 2.75) is 56.2 Å². The number of hydrogen-bond donors (Lipinski definition) is 3. The highest BCUT2D eigenvalue weighted by Gasteiger charge is 2.44. The van der Waals surface area contributed by atoms with Crippen molar-refractivity contribution in [3.05, 3.63) is 47.9 Å². The number of halogens is 2. The maximum atomic E-state index is 13.6. The van der Waals surface area contributed by atoms with Crippen LogP contribution in [0.2, 0.25) is 0 Å². The highest BCUT2D eigenvalue weighted by molar-refractivity contribution is 5.95. The van der Waals surface area contributed by atoms with E-state index in [4.69, 9.17) is 0 Å². The second-order valence-corrected chi connectivity index (χ2v) is 11.7. The molecule has 2 aromatic heterocycles. The molecule has 5 heterocycles. The predicted octanol–water partition coefficient (Wildman–Crippen LogP) is 2.44. The van der Waals surface area contributed by atoms with E-state index < -0.39 is 5.92 Å². The Bertz CT molecular complexity index is 1160. The summed E-state index contributed by atoms with van der Waals surface area (Å²) < 4.78 is 27.3. The van der Waals surface area contributed by atoms with Gasteiger partial charge in [-0.3, -0.25) is 20.1 Å². The van der Waals surface area contributed by atoms with Gasteiger partial charge in [-0.15, -0.1) is 0 Å². The molecule has 3 aliphatic heterocycles. The molecule has 0 aromatic carbocycles. The normalized spacial score (nSPS) is 29.4. The monoisotopic (exact) mass is 540 g/mol. The molecule has 210 valence electrons. The number of piperazine rings is 1. The van der Waals surface area contributed by atoms with Gasteiger partial charge in [0, 0.05) is 70.0 Å². The molecule has 0 bridgehead atoms. The first kappa shape index (κ1) is 26.5. The largest absolute Gasteiger partial charge is 0.354 e. The zero-order valence-electron chi connectivity index (χ0n) is 22.5. The summed E-state index contributed by atoms with van der Waals surface area (Å²) in [5, 5.41) is 3.06. The molecule has 3 N–H and O–H groups in total. The number of carbonyl (C=O) groups excluding carboxylic acids is 1. The lowest BCUT2D eigenvalue weighted by Crippen LogP contribution is -2.44. The lowest BCUT2D eigenvalue weighted by atomic mass is 9.73. The number of carbonyl (C=O) groups is 1. The Balaban J connectivity index is 1.07. The first-order valence-electron chi connectivity index (χ1n) is 14.1. The fraction of sp³-hybridized carbons (Fsp3) is 0.607. The van der Waals surface area contributed by atoms with Crippen molar-refractivity contribution in [1.82, 2.24) is 30.6 Å². The van der Waals surface area contributed by atoms with Crippen molar-refractivity contribution in [2.24, 2.45) is 5.92 Å². The van der Waals surface area contributed by atoms with Gasteiger partial charge in [0.05, 0.1) is 18.4 Å². The Morgan fingerprint density at radius 1 is 1.10 bits per heavy atom. The van der Waals surface area contributed by atoms with Crippen molar-refractivity contribution < 1.29 is 13.6 Å². The first-order chi connectivity index (χ1) is 18.8. The van der Waals surface area contributed by atoms with Gasteiger partial charge in [0.1, 0.15) is 11.9 Å². The Kier molecular flexibility index (Phi) is 7.49. The summed E-state index contributed by atoms with van der Waals surface area (Å²) in [6.45, 7) is 4.64. The smallest absolute Gasteiger partial charge is 0.261 e. The van der Waals surface area contributed by atoms with E-state index in [9.17, 15) is 13.6 Å². The van der Waals surface area contributed by atoms with Crippen LogP contribution in [-0.4, -0.2) is 90.0 Å². The molecular formula is C28H38F2N8O. The molecule has 9 nitrogen and oxygen atoms in total. The highest BCUT2D eigenvalue weighted by atomic mass is 19.3. The number of likely N-dealkylation sites (tertiary alicyclic amines) is 1. The fourth-order valence-corrected chi connectivity index (χ4v) is 6.54. The van der Waals surface area contributed by atoms with Crippen molar-refractivity contribution in [3.63, 3.8) is 0 Å². The van der Waals surface area contributed by atoms with Gasteiger partial charge in [-0.2, -0.15) is 0 Å². The number of rotatable bonds is 6. The topological polar surface area (TPSA) is 88.7 Å². The van der Waals surface area contributed by atoms with Crippen LogP contribution in [0.3, 0.4) is 0 Å². The van der Waals surface area contributed by atoms with Gasteiger partial charge in [-0.1, -0.05) is 6.07 Å². The van der Waals surface area contributed by atoms with E-state index in [1.807, 2.05) is 18.3 Å². The number of hydrogen-bond acceptors (Lipinski definition) is 8. The predicted molar refractivity (Wildman–Crippen MR) is 146 cm³/mol. The summed E-state index contributed by atoms with van der Waals surface area (Å²) >= 11 is 0. The summed E-state index contributed by atoms with van der Waals surface area (Å²) in [6, 6.07) is 5.91. The molecule has 1 saturated carbocycles. The molecule has 4 unspecified atom stereocenters. The molecule has 4 atom stereocenters. The zero-order chi connectivity index (χ0) is 27.0. The minimum atomic E-state index is -2.59. The van der Waals surface area contributed by atoms with Gasteiger partial charge in [-0.25, -0.2) is 19.2 Å².